The van der Waals surface area contributed by atoms with Crippen molar-refractivity contribution in [2.24, 2.45) is 0 Å². The van der Waals surface area contributed by atoms with Crippen molar-refractivity contribution in [3.63, 3.8) is 0 Å². The number of anilines is 1. The van der Waals surface area contributed by atoms with E-state index >= 15 is 0 Å². The third-order valence-corrected chi connectivity index (χ3v) is 4.12. The maximum atomic E-state index is 12.1. The Kier molecular flexibility index (Phi) is 5.58. The molecule has 0 spiro atoms. The number of nitrogens with zero attached hydrogens (tertiary/aromatic N) is 2. The second kappa shape index (κ2) is 8.24. The predicted octanol–water partition coefficient (Wildman–Crippen LogP) is 1.25. The average molecular weight is 352 g/mol. The molecule has 1 aliphatic heterocycles. The van der Waals surface area contributed by atoms with Crippen LogP contribution in [0.15, 0.2) is 48.7 Å². The fraction of sp³-hybridized carbons (Fsp3) is 0.263. The molecule has 0 unspecified atom stereocenters. The second-order valence-corrected chi connectivity index (χ2v) is 5.98. The number of hydrogen-bond acceptors (Lipinski definition) is 4. The summed E-state index contributed by atoms with van der Waals surface area (Å²) in [6.07, 6.45) is 3.08. The maximum absolute atomic E-state index is 12.1. The van der Waals surface area contributed by atoms with E-state index in [2.05, 4.69) is 15.6 Å². The zero-order chi connectivity index (χ0) is 18.4. The molecular weight excluding hydrogens is 332 g/mol. The molecule has 7 heteroatoms. The van der Waals surface area contributed by atoms with E-state index in [9.17, 15) is 14.4 Å². The third kappa shape index (κ3) is 4.44. The van der Waals surface area contributed by atoms with Gasteiger partial charge in [0, 0.05) is 30.4 Å². The largest absolute Gasteiger partial charge is 0.349 e. The van der Waals surface area contributed by atoms with E-state index in [4.69, 9.17) is 0 Å². The Hall–Kier alpha value is -3.22. The van der Waals surface area contributed by atoms with Crippen LogP contribution in [-0.2, 0) is 16.1 Å². The molecule has 1 aromatic heterocycles. The summed E-state index contributed by atoms with van der Waals surface area (Å²) in [6.45, 7) is 0.910. The van der Waals surface area contributed by atoms with E-state index in [1.165, 1.54) is 0 Å². The average Bonchev–Trinajstić information content (AvgIpc) is 3.11. The quantitative estimate of drug-likeness (QED) is 0.819. The molecule has 2 N–H and O–H groups in total. The first-order valence-electron chi connectivity index (χ1n) is 8.49. The van der Waals surface area contributed by atoms with Crippen LogP contribution in [-0.4, -0.2) is 35.8 Å². The van der Waals surface area contributed by atoms with Gasteiger partial charge in [0.15, 0.2) is 0 Å². The molecule has 0 radical (unpaired) electrons. The van der Waals surface area contributed by atoms with Gasteiger partial charge in [-0.1, -0.05) is 6.07 Å². The van der Waals surface area contributed by atoms with E-state index in [1.54, 1.807) is 41.4 Å². The van der Waals surface area contributed by atoms with Crippen molar-refractivity contribution in [1.29, 1.82) is 0 Å². The van der Waals surface area contributed by atoms with Gasteiger partial charge in [-0.05, 0) is 42.8 Å². The number of nitrogens with one attached hydrogen (secondary N) is 2. The van der Waals surface area contributed by atoms with Crippen LogP contribution in [0.25, 0.3) is 0 Å². The van der Waals surface area contributed by atoms with Crippen molar-refractivity contribution in [1.82, 2.24) is 15.6 Å². The van der Waals surface area contributed by atoms with Crippen LogP contribution in [0.5, 0.6) is 0 Å². The highest BCUT2D eigenvalue weighted by atomic mass is 16.2. The lowest BCUT2D eigenvalue weighted by Crippen LogP contribution is -2.36. The normalized spacial score (nSPS) is 13.5. The molecule has 1 aliphatic rings. The molecule has 1 aromatic carbocycles. The van der Waals surface area contributed by atoms with Crippen LogP contribution >= 0.6 is 0 Å². The number of rotatable bonds is 6. The Balaban J connectivity index is 1.47. The first kappa shape index (κ1) is 17.6. The van der Waals surface area contributed by atoms with Crippen molar-refractivity contribution < 1.29 is 14.4 Å². The first-order chi connectivity index (χ1) is 12.6. The molecule has 2 aromatic rings. The van der Waals surface area contributed by atoms with Crippen molar-refractivity contribution in [3.05, 3.63) is 59.9 Å². The molecular formula is C19H20N4O3. The standard InChI is InChI=1S/C19H20N4O3/c24-17(21-12-15-4-1-2-10-20-15)13-22-19(26)14-6-8-16(9-7-14)23-11-3-5-18(23)25/h1-2,4,6-10H,3,5,11-13H2,(H,21,24)(H,22,26). The summed E-state index contributed by atoms with van der Waals surface area (Å²) in [5.41, 5.74) is 1.98. The molecule has 3 amide bonds. The van der Waals surface area contributed by atoms with Crippen molar-refractivity contribution in [2.45, 2.75) is 19.4 Å². The lowest BCUT2D eigenvalue weighted by Gasteiger charge is -2.15. The number of pyridine rings is 1. The zero-order valence-electron chi connectivity index (χ0n) is 14.3. The minimum atomic E-state index is -0.336. The van der Waals surface area contributed by atoms with Crippen molar-refractivity contribution in [3.8, 4) is 0 Å². The van der Waals surface area contributed by atoms with Crippen LogP contribution in [0, 0.1) is 0 Å². The van der Waals surface area contributed by atoms with E-state index < -0.39 is 0 Å². The molecule has 1 fully saturated rings. The van der Waals surface area contributed by atoms with E-state index in [-0.39, 0.29) is 24.3 Å². The van der Waals surface area contributed by atoms with E-state index in [1.807, 2.05) is 12.1 Å². The minimum Gasteiger partial charge on any atom is -0.349 e. The van der Waals surface area contributed by atoms with Gasteiger partial charge in [-0.3, -0.25) is 19.4 Å². The minimum absolute atomic E-state index is 0.103. The van der Waals surface area contributed by atoms with E-state index in [0.29, 0.717) is 25.1 Å². The zero-order valence-corrected chi connectivity index (χ0v) is 14.3. The van der Waals surface area contributed by atoms with Gasteiger partial charge >= 0.3 is 0 Å². The van der Waals surface area contributed by atoms with Crippen molar-refractivity contribution >= 4 is 23.4 Å². The van der Waals surface area contributed by atoms with Gasteiger partial charge in [-0.2, -0.15) is 0 Å². The predicted molar refractivity (Wildman–Crippen MR) is 96.4 cm³/mol. The lowest BCUT2D eigenvalue weighted by molar-refractivity contribution is -0.120. The number of carbonyl (C=O) groups is 3. The third-order valence-electron chi connectivity index (χ3n) is 4.12. The Morgan fingerprint density at radius 2 is 1.88 bits per heavy atom. The van der Waals surface area contributed by atoms with Gasteiger partial charge < -0.3 is 15.5 Å². The van der Waals surface area contributed by atoms with Gasteiger partial charge in [-0.25, -0.2) is 0 Å². The Labute approximate surface area is 151 Å². The van der Waals surface area contributed by atoms with Crippen LogP contribution < -0.4 is 15.5 Å². The summed E-state index contributed by atoms with van der Waals surface area (Å²) in [6, 6.07) is 12.3. The molecule has 134 valence electrons. The highest BCUT2D eigenvalue weighted by Crippen LogP contribution is 2.21. The number of aromatic nitrogens is 1. The summed E-state index contributed by atoms with van der Waals surface area (Å²) in [7, 11) is 0. The smallest absolute Gasteiger partial charge is 0.251 e. The molecule has 26 heavy (non-hydrogen) atoms. The summed E-state index contributed by atoms with van der Waals surface area (Å²) in [4.78, 5) is 41.5. The van der Waals surface area contributed by atoms with Gasteiger partial charge in [0.05, 0.1) is 18.8 Å². The number of hydrogen-bond donors (Lipinski definition) is 2. The number of benzene rings is 1. The molecule has 3 rings (SSSR count). The number of amides is 3. The second-order valence-electron chi connectivity index (χ2n) is 5.98. The number of carbonyl (C=O) groups excluding carboxylic acids is 3. The molecule has 0 saturated carbocycles. The summed E-state index contributed by atoms with van der Waals surface area (Å²) in [5, 5.41) is 5.28. The molecule has 0 bridgehead atoms. The summed E-state index contributed by atoms with van der Waals surface area (Å²) < 4.78 is 0. The van der Waals surface area contributed by atoms with Crippen molar-refractivity contribution in [2.75, 3.05) is 18.0 Å². The Bertz CT molecular complexity index is 790. The van der Waals surface area contributed by atoms with Crippen LogP contribution in [0.2, 0.25) is 0 Å². The molecule has 7 nitrogen and oxygen atoms in total. The maximum Gasteiger partial charge on any atom is 0.251 e. The van der Waals surface area contributed by atoms with Crippen LogP contribution in [0.3, 0.4) is 0 Å². The van der Waals surface area contributed by atoms with Gasteiger partial charge in [-0.15, -0.1) is 0 Å². The van der Waals surface area contributed by atoms with Crippen LogP contribution in [0.1, 0.15) is 28.9 Å². The fourth-order valence-corrected chi connectivity index (χ4v) is 2.73. The highest BCUT2D eigenvalue weighted by Gasteiger charge is 2.21. The SMILES string of the molecule is O=C(CNC(=O)c1ccc(N2CCCC2=O)cc1)NCc1ccccn1. The molecule has 2 heterocycles. The highest BCUT2D eigenvalue weighted by molar-refractivity contribution is 5.98. The van der Waals surface area contributed by atoms with Gasteiger partial charge in [0.25, 0.3) is 5.91 Å². The topological polar surface area (TPSA) is 91.4 Å². The lowest BCUT2D eigenvalue weighted by atomic mass is 10.2. The summed E-state index contributed by atoms with van der Waals surface area (Å²) in [5.74, 6) is -0.521. The fourth-order valence-electron chi connectivity index (χ4n) is 2.73. The molecule has 0 atom stereocenters. The van der Waals surface area contributed by atoms with Gasteiger partial charge in [0.1, 0.15) is 0 Å². The summed E-state index contributed by atoms with van der Waals surface area (Å²) >= 11 is 0. The molecule has 1 saturated heterocycles. The van der Waals surface area contributed by atoms with Gasteiger partial charge in [0.2, 0.25) is 11.8 Å². The van der Waals surface area contributed by atoms with E-state index in [0.717, 1.165) is 17.8 Å². The molecule has 0 aliphatic carbocycles. The monoisotopic (exact) mass is 352 g/mol. The first-order valence-corrected chi connectivity index (χ1v) is 8.49. The van der Waals surface area contributed by atoms with Crippen LogP contribution in [0.4, 0.5) is 5.69 Å². The Morgan fingerprint density at radius 3 is 2.54 bits per heavy atom. The Morgan fingerprint density at radius 1 is 1.08 bits per heavy atom.